The van der Waals surface area contributed by atoms with Gasteiger partial charge < -0.3 is 10.6 Å². The lowest BCUT2D eigenvalue weighted by Crippen LogP contribution is -2.64. The summed E-state index contributed by atoms with van der Waals surface area (Å²) in [4.78, 5) is 2.90. The Morgan fingerprint density at radius 1 is 0.792 bits per heavy atom. The lowest BCUT2D eigenvalue weighted by atomic mass is 9.67. The van der Waals surface area contributed by atoms with Crippen molar-refractivity contribution in [2.45, 2.75) is 75.8 Å². The van der Waals surface area contributed by atoms with Crippen molar-refractivity contribution < 1.29 is 0 Å². The summed E-state index contributed by atoms with van der Waals surface area (Å²) in [6.07, 6.45) is 15.3. The van der Waals surface area contributed by atoms with Gasteiger partial charge in [0.2, 0.25) is 0 Å². The average molecular weight is 330 g/mol. The quantitative estimate of drug-likeness (QED) is 0.816. The van der Waals surface area contributed by atoms with Crippen LogP contribution in [0.5, 0.6) is 0 Å². The molecule has 0 amide bonds. The van der Waals surface area contributed by atoms with Crippen LogP contribution >= 0.6 is 0 Å². The Kier molecular flexibility index (Phi) is 3.11. The van der Waals surface area contributed by atoms with Crippen molar-refractivity contribution in [1.29, 1.82) is 0 Å². The molecule has 0 radical (unpaired) electrons. The topological polar surface area (TPSA) is 27.3 Å². The molecule has 3 aliphatic heterocycles. The molecule has 6 aliphatic rings. The van der Waals surface area contributed by atoms with Crippen molar-refractivity contribution in [3.8, 4) is 0 Å². The molecule has 6 fully saturated rings. The minimum absolute atomic E-state index is 0.507. The second kappa shape index (κ2) is 4.98. The highest BCUT2D eigenvalue weighted by atomic mass is 15.2. The summed E-state index contributed by atoms with van der Waals surface area (Å²) in [5.74, 6) is 2.01. The maximum Gasteiger partial charge on any atom is 0.0435 e. The van der Waals surface area contributed by atoms with Crippen molar-refractivity contribution in [2.24, 2.45) is 22.7 Å². The van der Waals surface area contributed by atoms with Crippen LogP contribution in [0.4, 0.5) is 0 Å². The predicted molar refractivity (Wildman–Crippen MR) is 97.0 cm³/mol. The molecule has 3 heterocycles. The van der Waals surface area contributed by atoms with Crippen LogP contribution in [0.2, 0.25) is 0 Å². The molecule has 3 aliphatic carbocycles. The molecular formula is C21H35N3. The van der Waals surface area contributed by atoms with E-state index in [0.29, 0.717) is 5.54 Å². The van der Waals surface area contributed by atoms with Gasteiger partial charge in [0, 0.05) is 37.8 Å². The first kappa shape index (κ1) is 15.0. The third-order valence-corrected chi connectivity index (χ3v) is 9.41. The van der Waals surface area contributed by atoms with Gasteiger partial charge in [0.25, 0.3) is 0 Å². The molecule has 0 aromatic carbocycles. The molecule has 0 bridgehead atoms. The van der Waals surface area contributed by atoms with Gasteiger partial charge in [-0.25, -0.2) is 0 Å². The second-order valence-electron chi connectivity index (χ2n) is 10.9. The number of nitrogens with one attached hydrogen (secondary N) is 2. The summed E-state index contributed by atoms with van der Waals surface area (Å²) in [5.41, 5.74) is 2.08. The van der Waals surface area contributed by atoms with E-state index >= 15 is 0 Å². The maximum atomic E-state index is 3.86. The van der Waals surface area contributed by atoms with Crippen LogP contribution in [0.3, 0.4) is 0 Å². The average Bonchev–Trinajstić information content (AvgIpc) is 3.19. The van der Waals surface area contributed by atoms with Crippen molar-refractivity contribution >= 4 is 0 Å². The summed E-state index contributed by atoms with van der Waals surface area (Å²) < 4.78 is 0. The Hall–Kier alpha value is -0.120. The minimum Gasteiger partial charge on any atom is -0.313 e. The van der Waals surface area contributed by atoms with E-state index < -0.39 is 0 Å². The smallest absolute Gasteiger partial charge is 0.0435 e. The Morgan fingerprint density at radius 2 is 1.62 bits per heavy atom. The number of hydrogen-bond acceptors (Lipinski definition) is 3. The Morgan fingerprint density at radius 3 is 2.25 bits per heavy atom. The molecule has 0 aromatic rings. The first-order chi connectivity index (χ1) is 11.7. The zero-order chi connectivity index (χ0) is 15.8. The van der Waals surface area contributed by atoms with Crippen molar-refractivity contribution in [1.82, 2.24) is 15.5 Å². The molecule has 3 saturated carbocycles. The van der Waals surface area contributed by atoms with Gasteiger partial charge in [0.1, 0.15) is 0 Å². The number of rotatable bonds is 2. The van der Waals surface area contributed by atoms with E-state index in [9.17, 15) is 0 Å². The monoisotopic (exact) mass is 329 g/mol. The van der Waals surface area contributed by atoms with Crippen molar-refractivity contribution in [3.05, 3.63) is 0 Å². The van der Waals surface area contributed by atoms with E-state index in [0.717, 1.165) is 28.7 Å². The van der Waals surface area contributed by atoms with Gasteiger partial charge >= 0.3 is 0 Å². The lowest BCUT2D eigenvalue weighted by Gasteiger charge is -2.52. The van der Waals surface area contributed by atoms with E-state index in [1.54, 1.807) is 32.1 Å². The van der Waals surface area contributed by atoms with Gasteiger partial charge in [-0.2, -0.15) is 0 Å². The van der Waals surface area contributed by atoms with Crippen LogP contribution in [0.1, 0.15) is 64.2 Å². The van der Waals surface area contributed by atoms with E-state index in [1.807, 2.05) is 0 Å². The van der Waals surface area contributed by atoms with Gasteiger partial charge in [-0.3, -0.25) is 4.90 Å². The predicted octanol–water partition coefficient (Wildman–Crippen LogP) is 2.76. The summed E-state index contributed by atoms with van der Waals surface area (Å²) in [5, 5.41) is 7.34. The van der Waals surface area contributed by atoms with Gasteiger partial charge in [-0.1, -0.05) is 6.42 Å². The molecular weight excluding hydrogens is 294 g/mol. The largest absolute Gasteiger partial charge is 0.313 e. The van der Waals surface area contributed by atoms with Crippen LogP contribution in [0.25, 0.3) is 0 Å². The molecule has 3 nitrogen and oxygen atoms in total. The van der Waals surface area contributed by atoms with Gasteiger partial charge in [-0.05, 0) is 87.0 Å². The van der Waals surface area contributed by atoms with Gasteiger partial charge in [-0.15, -0.1) is 0 Å². The molecule has 3 spiro atoms. The van der Waals surface area contributed by atoms with E-state index in [1.165, 1.54) is 64.8 Å². The van der Waals surface area contributed by atoms with E-state index in [-0.39, 0.29) is 0 Å². The summed E-state index contributed by atoms with van der Waals surface area (Å²) >= 11 is 0. The highest BCUT2D eigenvalue weighted by molar-refractivity contribution is 5.11. The molecule has 3 unspecified atom stereocenters. The molecule has 3 heteroatoms. The second-order valence-corrected chi connectivity index (χ2v) is 10.9. The Bertz CT molecular complexity index is 515. The molecule has 3 saturated heterocycles. The Balaban J connectivity index is 1.04. The first-order valence-corrected chi connectivity index (χ1v) is 10.9. The molecule has 6 rings (SSSR count). The number of nitrogens with zero attached hydrogens (tertiary/aromatic N) is 1. The molecule has 2 N–H and O–H groups in total. The third kappa shape index (κ3) is 2.13. The van der Waals surface area contributed by atoms with Gasteiger partial charge in [0.05, 0.1) is 0 Å². The van der Waals surface area contributed by atoms with Crippen molar-refractivity contribution in [3.63, 3.8) is 0 Å². The van der Waals surface area contributed by atoms with Crippen LogP contribution < -0.4 is 10.6 Å². The maximum absolute atomic E-state index is 3.86. The standard InChI is InChI=1S/C21H35N3/c1-4-19(5-1)7-3-18(10-19)24-14-20(15-24)6-2-16(8-20)17-9-21(23-11-17)12-22-13-21/h16-18,22-23H,1-15H2. The molecule has 0 aromatic heterocycles. The molecule has 134 valence electrons. The summed E-state index contributed by atoms with van der Waals surface area (Å²) in [6.45, 7) is 6.66. The van der Waals surface area contributed by atoms with Crippen LogP contribution in [0, 0.1) is 22.7 Å². The van der Waals surface area contributed by atoms with E-state index in [4.69, 9.17) is 0 Å². The fraction of sp³-hybridized carbons (Fsp3) is 1.00. The summed E-state index contributed by atoms with van der Waals surface area (Å²) in [7, 11) is 0. The minimum atomic E-state index is 0.507. The highest BCUT2D eigenvalue weighted by Crippen LogP contribution is 2.58. The number of hydrogen-bond donors (Lipinski definition) is 2. The van der Waals surface area contributed by atoms with Crippen LogP contribution in [0.15, 0.2) is 0 Å². The van der Waals surface area contributed by atoms with Crippen LogP contribution in [-0.4, -0.2) is 49.2 Å². The van der Waals surface area contributed by atoms with Gasteiger partial charge in [0.15, 0.2) is 0 Å². The fourth-order valence-corrected chi connectivity index (χ4v) is 7.66. The Labute approximate surface area is 147 Å². The normalized spacial score (nSPS) is 44.8. The fourth-order valence-electron chi connectivity index (χ4n) is 7.66. The third-order valence-electron chi connectivity index (χ3n) is 9.41. The summed E-state index contributed by atoms with van der Waals surface area (Å²) in [6, 6.07) is 0.965. The lowest BCUT2D eigenvalue weighted by molar-refractivity contribution is -0.0349. The molecule has 3 atom stereocenters. The van der Waals surface area contributed by atoms with E-state index in [2.05, 4.69) is 15.5 Å². The SMILES string of the molecule is C1CC2(C1)CCC(N1CC3(CCC(C4CNC5(CNC5)C4)C3)C1)C2. The zero-order valence-corrected chi connectivity index (χ0v) is 15.3. The zero-order valence-electron chi connectivity index (χ0n) is 15.3. The van der Waals surface area contributed by atoms with Crippen molar-refractivity contribution in [2.75, 3.05) is 32.7 Å². The molecule has 24 heavy (non-hydrogen) atoms. The van der Waals surface area contributed by atoms with Crippen LogP contribution in [-0.2, 0) is 0 Å². The highest BCUT2D eigenvalue weighted by Gasteiger charge is 2.55. The number of likely N-dealkylation sites (tertiary alicyclic amines) is 1. The first-order valence-electron chi connectivity index (χ1n) is 10.9.